The minimum atomic E-state index is -4.61. The Bertz CT molecular complexity index is 1680. The summed E-state index contributed by atoms with van der Waals surface area (Å²) < 4.78 is 39.7. The minimum absolute atomic E-state index is 0.0983. The molecule has 0 aromatic heterocycles. The van der Waals surface area contributed by atoms with Gasteiger partial charge in [-0.15, -0.1) is 11.8 Å². The summed E-state index contributed by atoms with van der Waals surface area (Å²) in [5, 5.41) is 8.29. The van der Waals surface area contributed by atoms with E-state index in [2.05, 4.69) is 16.0 Å². The molecule has 6 nitrogen and oxygen atoms in total. The molecule has 4 aromatic carbocycles. The predicted molar refractivity (Wildman–Crippen MR) is 164 cm³/mol. The molecule has 4 aromatic rings. The monoisotopic (exact) mass is 643 g/mol. The summed E-state index contributed by atoms with van der Waals surface area (Å²) in [7, 11) is 0. The number of thioether (sulfide) groups is 1. The van der Waals surface area contributed by atoms with Crippen molar-refractivity contribution < 1.29 is 27.6 Å². The Kier molecular flexibility index (Phi) is 10.5. The maximum Gasteiger partial charge on any atom is 0.418 e. The predicted octanol–water partition coefficient (Wildman–Crippen LogP) is 8.15. The van der Waals surface area contributed by atoms with E-state index in [1.807, 2.05) is 0 Å². The summed E-state index contributed by atoms with van der Waals surface area (Å²) in [5.41, 5.74) is -0.260. The van der Waals surface area contributed by atoms with Crippen LogP contribution in [-0.2, 0) is 15.8 Å². The summed E-state index contributed by atoms with van der Waals surface area (Å²) in [6, 6.07) is 24.2. The average Bonchev–Trinajstić information content (AvgIpc) is 2.97. The largest absolute Gasteiger partial charge is 0.418 e. The van der Waals surface area contributed by atoms with Crippen molar-refractivity contribution >= 4 is 70.1 Å². The van der Waals surface area contributed by atoms with Crippen LogP contribution in [0.15, 0.2) is 108 Å². The molecule has 0 atom stereocenters. The number of hydrogen-bond acceptors (Lipinski definition) is 4. The minimum Gasteiger partial charge on any atom is -0.325 e. The van der Waals surface area contributed by atoms with E-state index >= 15 is 0 Å². The molecule has 0 spiro atoms. The number of alkyl halides is 3. The van der Waals surface area contributed by atoms with E-state index in [0.717, 1.165) is 17.8 Å². The Morgan fingerprint density at radius 3 is 2.26 bits per heavy atom. The van der Waals surface area contributed by atoms with Crippen LogP contribution in [-0.4, -0.2) is 23.5 Å². The van der Waals surface area contributed by atoms with Gasteiger partial charge in [0.05, 0.1) is 17.0 Å². The molecule has 43 heavy (non-hydrogen) atoms. The van der Waals surface area contributed by atoms with Crippen LogP contribution in [0.2, 0.25) is 10.0 Å². The number of halogens is 5. The quantitative estimate of drug-likeness (QED) is 0.127. The Hall–Kier alpha value is -4.25. The smallest absolute Gasteiger partial charge is 0.325 e. The normalized spacial score (nSPS) is 11.5. The molecule has 0 aliphatic carbocycles. The Morgan fingerprint density at radius 2 is 1.53 bits per heavy atom. The van der Waals surface area contributed by atoms with E-state index in [1.54, 1.807) is 66.7 Å². The molecular weight excluding hydrogens is 622 g/mol. The molecule has 0 aliphatic rings. The fourth-order valence-electron chi connectivity index (χ4n) is 3.75. The van der Waals surface area contributed by atoms with Gasteiger partial charge < -0.3 is 16.0 Å². The van der Waals surface area contributed by atoms with Crippen molar-refractivity contribution in [1.82, 2.24) is 5.32 Å². The Labute approximate surface area is 259 Å². The first-order valence-electron chi connectivity index (χ1n) is 12.5. The fourth-order valence-corrected chi connectivity index (χ4v) is 4.97. The maximum atomic E-state index is 13.3. The SMILES string of the molecule is O=C(CSc1cccc(NC(=O)/C(=C\c2ccc(Cl)cc2Cl)NC(=O)c2ccccc2)c1)Nc1ccccc1C(F)(F)F. The highest BCUT2D eigenvalue weighted by molar-refractivity contribution is 8.00. The van der Waals surface area contributed by atoms with Crippen LogP contribution in [0.4, 0.5) is 24.5 Å². The summed E-state index contributed by atoms with van der Waals surface area (Å²) in [6.45, 7) is 0. The summed E-state index contributed by atoms with van der Waals surface area (Å²) in [6.07, 6.45) is -3.20. The van der Waals surface area contributed by atoms with Gasteiger partial charge in [-0.2, -0.15) is 13.2 Å². The first-order chi connectivity index (χ1) is 20.5. The highest BCUT2D eigenvalue weighted by atomic mass is 35.5. The first-order valence-corrected chi connectivity index (χ1v) is 14.3. The zero-order chi connectivity index (χ0) is 31.0. The van der Waals surface area contributed by atoms with E-state index in [1.165, 1.54) is 30.3 Å². The second kappa shape index (κ2) is 14.3. The number of para-hydroxylation sites is 1. The van der Waals surface area contributed by atoms with Crippen LogP contribution in [0.5, 0.6) is 0 Å². The Balaban J connectivity index is 1.47. The van der Waals surface area contributed by atoms with Crippen LogP contribution in [0.3, 0.4) is 0 Å². The van der Waals surface area contributed by atoms with Gasteiger partial charge >= 0.3 is 6.18 Å². The molecule has 12 heteroatoms. The molecule has 0 bridgehead atoms. The topological polar surface area (TPSA) is 87.3 Å². The lowest BCUT2D eigenvalue weighted by Gasteiger charge is -2.14. The van der Waals surface area contributed by atoms with Gasteiger partial charge in [0.1, 0.15) is 5.70 Å². The number of hydrogen-bond donors (Lipinski definition) is 3. The van der Waals surface area contributed by atoms with Crippen molar-refractivity contribution in [1.29, 1.82) is 0 Å². The maximum absolute atomic E-state index is 13.3. The molecule has 220 valence electrons. The van der Waals surface area contributed by atoms with Crippen LogP contribution >= 0.6 is 35.0 Å². The van der Waals surface area contributed by atoms with E-state index in [4.69, 9.17) is 23.2 Å². The molecular formula is C31H22Cl2F3N3O3S. The Morgan fingerprint density at radius 1 is 0.814 bits per heavy atom. The molecule has 3 N–H and O–H groups in total. The number of anilines is 2. The van der Waals surface area contributed by atoms with Gasteiger partial charge in [0, 0.05) is 26.2 Å². The van der Waals surface area contributed by atoms with Gasteiger partial charge in [-0.3, -0.25) is 14.4 Å². The number of carbonyl (C=O) groups excluding carboxylic acids is 3. The molecule has 0 saturated heterocycles. The second-order valence-electron chi connectivity index (χ2n) is 8.91. The molecule has 0 heterocycles. The third kappa shape index (κ3) is 9.12. The van der Waals surface area contributed by atoms with Gasteiger partial charge in [0.25, 0.3) is 11.8 Å². The molecule has 3 amide bonds. The fraction of sp³-hybridized carbons (Fsp3) is 0.0645. The van der Waals surface area contributed by atoms with E-state index < -0.39 is 29.5 Å². The van der Waals surface area contributed by atoms with Crippen molar-refractivity contribution in [2.45, 2.75) is 11.1 Å². The van der Waals surface area contributed by atoms with Crippen molar-refractivity contribution in [3.63, 3.8) is 0 Å². The van der Waals surface area contributed by atoms with E-state index in [9.17, 15) is 27.6 Å². The third-order valence-corrected chi connectivity index (χ3v) is 7.32. The van der Waals surface area contributed by atoms with Gasteiger partial charge in [0.2, 0.25) is 5.91 Å². The van der Waals surface area contributed by atoms with E-state index in [0.29, 0.717) is 26.7 Å². The highest BCUT2D eigenvalue weighted by Gasteiger charge is 2.33. The van der Waals surface area contributed by atoms with Gasteiger partial charge in [-0.25, -0.2) is 0 Å². The van der Waals surface area contributed by atoms with Crippen LogP contribution in [0.1, 0.15) is 21.5 Å². The number of amides is 3. The lowest BCUT2D eigenvalue weighted by molar-refractivity contribution is -0.137. The first kappa shape index (κ1) is 31.7. The van der Waals surface area contributed by atoms with E-state index in [-0.39, 0.29) is 22.2 Å². The summed E-state index contributed by atoms with van der Waals surface area (Å²) >= 11 is 13.3. The lowest BCUT2D eigenvalue weighted by Crippen LogP contribution is -2.30. The van der Waals surface area contributed by atoms with Crippen LogP contribution in [0.25, 0.3) is 6.08 Å². The third-order valence-electron chi connectivity index (χ3n) is 5.76. The zero-order valence-corrected chi connectivity index (χ0v) is 24.4. The van der Waals surface area contributed by atoms with Crippen molar-refractivity contribution in [3.8, 4) is 0 Å². The molecule has 4 rings (SSSR count). The number of benzene rings is 4. The number of rotatable bonds is 9. The van der Waals surface area contributed by atoms with Crippen LogP contribution in [0, 0.1) is 0 Å². The summed E-state index contributed by atoms with van der Waals surface area (Å²) in [5.74, 6) is -1.99. The average molecular weight is 645 g/mol. The number of nitrogens with one attached hydrogen (secondary N) is 3. The van der Waals surface area contributed by atoms with Crippen molar-refractivity contribution in [2.24, 2.45) is 0 Å². The molecule has 0 aliphatic heterocycles. The van der Waals surface area contributed by atoms with Gasteiger partial charge in [-0.05, 0) is 66.2 Å². The zero-order valence-electron chi connectivity index (χ0n) is 22.0. The molecule has 0 fully saturated rings. The summed E-state index contributed by atoms with van der Waals surface area (Å²) in [4.78, 5) is 39.2. The molecule has 0 radical (unpaired) electrons. The van der Waals surface area contributed by atoms with Gasteiger partial charge in [-0.1, -0.05) is 65.7 Å². The van der Waals surface area contributed by atoms with Crippen molar-refractivity contribution in [3.05, 3.63) is 129 Å². The van der Waals surface area contributed by atoms with Crippen molar-refractivity contribution in [2.75, 3.05) is 16.4 Å². The molecule has 0 unspecified atom stereocenters. The number of carbonyl (C=O) groups is 3. The molecule has 0 saturated carbocycles. The van der Waals surface area contributed by atoms with Crippen LogP contribution < -0.4 is 16.0 Å². The second-order valence-corrected chi connectivity index (χ2v) is 10.8. The van der Waals surface area contributed by atoms with Gasteiger partial charge in [0.15, 0.2) is 0 Å². The highest BCUT2D eigenvalue weighted by Crippen LogP contribution is 2.34. The standard InChI is InChI=1S/C31H22Cl2F3N3O3S/c32-21-14-13-20(25(33)16-21)15-27(39-29(41)19-7-2-1-3-8-19)30(42)37-22-9-6-10-23(17-22)43-18-28(40)38-26-12-5-4-11-24(26)31(34,35)36/h1-17H,18H2,(H,37,42)(H,38,40)(H,39,41)/b27-15+. The lowest BCUT2D eigenvalue weighted by atomic mass is 10.1.